The van der Waals surface area contributed by atoms with E-state index < -0.39 is 0 Å². The van der Waals surface area contributed by atoms with Gasteiger partial charge in [0, 0.05) is 29.4 Å². The summed E-state index contributed by atoms with van der Waals surface area (Å²) in [6.45, 7) is 1.98. The number of hydrogen-bond acceptors (Lipinski definition) is 5. The summed E-state index contributed by atoms with van der Waals surface area (Å²) in [5.74, 6) is 6.84. The molecule has 3 aromatic rings. The molecule has 3 heterocycles. The fourth-order valence-electron chi connectivity index (χ4n) is 3.94. The van der Waals surface area contributed by atoms with Gasteiger partial charge in [-0.25, -0.2) is 9.97 Å². The predicted octanol–water partition coefficient (Wildman–Crippen LogP) is 2.23. The van der Waals surface area contributed by atoms with E-state index in [9.17, 15) is 4.79 Å². The van der Waals surface area contributed by atoms with Crippen molar-refractivity contribution in [1.82, 2.24) is 25.2 Å². The molecule has 1 amide bonds. The Morgan fingerprint density at radius 3 is 2.80 bits per heavy atom. The van der Waals surface area contributed by atoms with Gasteiger partial charge >= 0.3 is 0 Å². The summed E-state index contributed by atoms with van der Waals surface area (Å²) < 4.78 is 2.19. The molecule has 0 atom stereocenters. The second-order valence-electron chi connectivity index (χ2n) is 7.97. The van der Waals surface area contributed by atoms with Crippen LogP contribution in [-0.2, 0) is 0 Å². The van der Waals surface area contributed by atoms with Crippen molar-refractivity contribution in [2.45, 2.75) is 37.8 Å². The molecule has 2 fully saturated rings. The summed E-state index contributed by atoms with van der Waals surface area (Å²) in [6, 6.07) is 8.12. The Morgan fingerprint density at radius 2 is 2.00 bits per heavy atom. The number of carbonyl (C=O) groups excluding carboxylic acids is 1. The Balaban J connectivity index is 1.49. The Kier molecular flexibility index (Phi) is 4.85. The zero-order chi connectivity index (χ0) is 20.5. The van der Waals surface area contributed by atoms with Gasteiger partial charge in [0.15, 0.2) is 0 Å². The van der Waals surface area contributed by atoms with Crippen molar-refractivity contribution in [2.24, 2.45) is 0 Å². The van der Waals surface area contributed by atoms with Gasteiger partial charge in [0.05, 0.1) is 10.9 Å². The van der Waals surface area contributed by atoms with Crippen LogP contribution in [-0.4, -0.2) is 39.6 Å². The van der Waals surface area contributed by atoms with E-state index in [1.54, 1.807) is 0 Å². The highest BCUT2D eigenvalue weighted by Crippen LogP contribution is 2.29. The summed E-state index contributed by atoms with van der Waals surface area (Å²) in [7, 11) is 0. The topological polar surface area (TPSA) is 97.9 Å². The molecule has 0 spiro atoms. The lowest BCUT2D eigenvalue weighted by Crippen LogP contribution is -2.29. The van der Waals surface area contributed by atoms with Crippen LogP contribution in [0.3, 0.4) is 0 Å². The van der Waals surface area contributed by atoms with E-state index in [2.05, 4.69) is 37.0 Å². The number of carbonyl (C=O) groups is 1. The zero-order valence-electron chi connectivity index (χ0n) is 16.7. The second kappa shape index (κ2) is 7.81. The molecule has 0 radical (unpaired) electrons. The Hall–Kier alpha value is -3.37. The third-order valence-corrected chi connectivity index (χ3v) is 5.72. The summed E-state index contributed by atoms with van der Waals surface area (Å²) in [5.41, 5.74) is 9.25. The molecule has 152 valence electrons. The average Bonchev–Trinajstić information content (AvgIpc) is 3.51. The lowest BCUT2D eigenvalue weighted by molar-refractivity contribution is 0.0951. The number of hydrogen-bond donors (Lipinski definition) is 3. The van der Waals surface area contributed by atoms with Crippen molar-refractivity contribution in [3.63, 3.8) is 0 Å². The van der Waals surface area contributed by atoms with Crippen LogP contribution in [0.2, 0.25) is 0 Å². The average molecular weight is 400 g/mol. The zero-order valence-corrected chi connectivity index (χ0v) is 16.7. The summed E-state index contributed by atoms with van der Waals surface area (Å²) >= 11 is 0. The Bertz CT molecular complexity index is 1160. The molecule has 1 saturated carbocycles. The standard InChI is InChI=1S/C23H24N6O/c24-21-20-17(13-29(22(20)27-14-26-21)19-8-10-25-11-9-19)5-4-15-2-1-3-16(12-15)23(30)28-18-6-7-18/h1-3,12-14,18-19,25H,6-11H2,(H,28,30)(H2,24,26,27). The van der Waals surface area contributed by atoms with Gasteiger partial charge in [0.25, 0.3) is 5.91 Å². The van der Waals surface area contributed by atoms with Crippen LogP contribution < -0.4 is 16.4 Å². The second-order valence-corrected chi connectivity index (χ2v) is 7.97. The van der Waals surface area contributed by atoms with Crippen LogP contribution in [0, 0.1) is 11.8 Å². The Morgan fingerprint density at radius 1 is 1.17 bits per heavy atom. The van der Waals surface area contributed by atoms with Gasteiger partial charge in [-0.15, -0.1) is 0 Å². The van der Waals surface area contributed by atoms with Crippen molar-refractivity contribution in [3.8, 4) is 11.8 Å². The molecular formula is C23H24N6O. The van der Waals surface area contributed by atoms with Crippen LogP contribution >= 0.6 is 0 Å². The molecular weight excluding hydrogens is 376 g/mol. The van der Waals surface area contributed by atoms with Gasteiger partial charge in [0.1, 0.15) is 17.8 Å². The van der Waals surface area contributed by atoms with E-state index in [1.807, 2.05) is 30.5 Å². The van der Waals surface area contributed by atoms with E-state index >= 15 is 0 Å². The number of fused-ring (bicyclic) bond motifs is 1. The maximum Gasteiger partial charge on any atom is 0.251 e. The van der Waals surface area contributed by atoms with Gasteiger partial charge in [-0.1, -0.05) is 17.9 Å². The van der Waals surface area contributed by atoms with Gasteiger partial charge in [0.2, 0.25) is 0 Å². The van der Waals surface area contributed by atoms with E-state index in [-0.39, 0.29) is 5.91 Å². The van der Waals surface area contributed by atoms with Crippen molar-refractivity contribution in [2.75, 3.05) is 18.8 Å². The first-order valence-electron chi connectivity index (χ1n) is 10.4. The number of nitrogens with zero attached hydrogens (tertiary/aromatic N) is 3. The molecule has 30 heavy (non-hydrogen) atoms. The highest BCUT2D eigenvalue weighted by Gasteiger charge is 2.24. The van der Waals surface area contributed by atoms with Crippen molar-refractivity contribution < 1.29 is 4.79 Å². The number of nitrogens with one attached hydrogen (secondary N) is 2. The van der Waals surface area contributed by atoms with Gasteiger partial charge in [-0.2, -0.15) is 0 Å². The van der Waals surface area contributed by atoms with E-state index in [4.69, 9.17) is 5.73 Å². The smallest absolute Gasteiger partial charge is 0.251 e. The quantitative estimate of drug-likeness (QED) is 0.586. The lowest BCUT2D eigenvalue weighted by Gasteiger charge is -2.24. The highest BCUT2D eigenvalue weighted by atomic mass is 16.1. The molecule has 0 unspecified atom stereocenters. The van der Waals surface area contributed by atoms with Crippen LogP contribution in [0.15, 0.2) is 36.8 Å². The number of nitrogens with two attached hydrogens (primary N) is 1. The van der Waals surface area contributed by atoms with E-state index in [1.165, 1.54) is 6.33 Å². The van der Waals surface area contributed by atoms with Crippen LogP contribution in [0.4, 0.5) is 5.82 Å². The van der Waals surface area contributed by atoms with E-state index in [0.29, 0.717) is 23.5 Å². The minimum atomic E-state index is -0.0405. The first-order valence-corrected chi connectivity index (χ1v) is 10.4. The number of benzene rings is 1. The molecule has 0 bridgehead atoms. The summed E-state index contributed by atoms with van der Waals surface area (Å²) in [6.07, 6.45) is 7.76. The number of piperidine rings is 1. The Labute approximate surface area is 175 Å². The normalized spacial score (nSPS) is 16.8. The number of rotatable bonds is 3. The number of anilines is 1. The summed E-state index contributed by atoms with van der Waals surface area (Å²) in [4.78, 5) is 21.0. The highest BCUT2D eigenvalue weighted by molar-refractivity contribution is 5.95. The van der Waals surface area contributed by atoms with Crippen molar-refractivity contribution in [1.29, 1.82) is 0 Å². The fourth-order valence-corrected chi connectivity index (χ4v) is 3.94. The number of nitrogen functional groups attached to an aromatic ring is 1. The largest absolute Gasteiger partial charge is 0.383 e. The fraction of sp³-hybridized carbons (Fsp3) is 0.348. The third-order valence-electron chi connectivity index (χ3n) is 5.72. The molecule has 2 aromatic heterocycles. The first kappa shape index (κ1) is 18.6. The molecule has 1 aliphatic heterocycles. The van der Waals surface area contributed by atoms with Crippen LogP contribution in [0.25, 0.3) is 11.0 Å². The number of amides is 1. The third kappa shape index (κ3) is 3.74. The molecule has 2 aliphatic rings. The maximum absolute atomic E-state index is 12.3. The molecule has 7 nitrogen and oxygen atoms in total. The molecule has 1 aromatic carbocycles. The molecule has 1 aliphatic carbocycles. The van der Waals surface area contributed by atoms with Crippen LogP contribution in [0.5, 0.6) is 0 Å². The monoisotopic (exact) mass is 400 g/mol. The van der Waals surface area contributed by atoms with Crippen molar-refractivity contribution >= 4 is 22.8 Å². The lowest BCUT2D eigenvalue weighted by atomic mass is 10.1. The number of aromatic nitrogens is 3. The van der Waals surface area contributed by atoms with Gasteiger partial charge < -0.3 is 20.9 Å². The van der Waals surface area contributed by atoms with Gasteiger partial charge in [-0.3, -0.25) is 4.79 Å². The first-order chi connectivity index (χ1) is 14.7. The van der Waals surface area contributed by atoms with Gasteiger partial charge in [-0.05, 0) is 57.0 Å². The van der Waals surface area contributed by atoms with E-state index in [0.717, 1.165) is 60.9 Å². The van der Waals surface area contributed by atoms with Crippen LogP contribution in [0.1, 0.15) is 53.2 Å². The molecule has 1 saturated heterocycles. The van der Waals surface area contributed by atoms with Crippen molar-refractivity contribution in [3.05, 3.63) is 53.5 Å². The molecule has 5 rings (SSSR count). The minimum absolute atomic E-state index is 0.0405. The maximum atomic E-state index is 12.3. The molecule has 7 heteroatoms. The summed E-state index contributed by atoms with van der Waals surface area (Å²) in [5, 5.41) is 7.21. The predicted molar refractivity (Wildman–Crippen MR) is 116 cm³/mol. The SMILES string of the molecule is Nc1ncnc2c1c(C#Cc1cccc(C(=O)NC3CC3)c1)cn2C1CCNCC1. The molecule has 4 N–H and O–H groups in total. The minimum Gasteiger partial charge on any atom is -0.383 e.